The molecule has 0 saturated heterocycles. The van der Waals surface area contributed by atoms with Crippen molar-refractivity contribution in [2.45, 2.75) is 56.7 Å². The van der Waals surface area contributed by atoms with Gasteiger partial charge in [0.2, 0.25) is 5.75 Å². The molecular weight excluding hydrogens is 386 g/mol. The molecule has 1 N–H and O–H groups in total. The van der Waals surface area contributed by atoms with Crippen LogP contribution in [0.3, 0.4) is 0 Å². The molecule has 1 aliphatic carbocycles. The lowest BCUT2D eigenvalue weighted by atomic mass is 9.85. The lowest BCUT2D eigenvalue weighted by Crippen LogP contribution is -2.42. The van der Waals surface area contributed by atoms with E-state index in [4.69, 9.17) is 14.2 Å². The normalized spacial score (nSPS) is 20.3. The van der Waals surface area contributed by atoms with Gasteiger partial charge >= 0.3 is 0 Å². The molecule has 4 heteroatoms. The maximum Gasteiger partial charge on any atom is 0.203 e. The number of hydrogen-bond acceptors (Lipinski definition) is 4. The first kappa shape index (κ1) is 20.2. The zero-order valence-electron chi connectivity index (χ0n) is 18.6. The molecule has 1 saturated carbocycles. The van der Waals surface area contributed by atoms with Gasteiger partial charge in [-0.25, -0.2) is 0 Å². The molecule has 1 spiro atoms. The Bertz CT molecular complexity index is 1080. The van der Waals surface area contributed by atoms with E-state index in [1.165, 1.54) is 29.2 Å². The molecule has 4 nitrogen and oxygen atoms in total. The minimum atomic E-state index is -0.122. The fourth-order valence-electron chi connectivity index (χ4n) is 5.53. The lowest BCUT2D eigenvalue weighted by Gasteiger charge is -2.42. The molecule has 1 heterocycles. The van der Waals surface area contributed by atoms with Crippen LogP contribution in [0.25, 0.3) is 10.8 Å². The van der Waals surface area contributed by atoms with E-state index in [0.717, 1.165) is 36.3 Å². The van der Waals surface area contributed by atoms with Crippen molar-refractivity contribution in [2.75, 3.05) is 14.2 Å². The van der Waals surface area contributed by atoms with Crippen LogP contribution in [0.15, 0.2) is 54.6 Å². The molecule has 31 heavy (non-hydrogen) atoms. The van der Waals surface area contributed by atoms with Crippen LogP contribution in [0.2, 0.25) is 0 Å². The molecule has 1 fully saturated rings. The van der Waals surface area contributed by atoms with Gasteiger partial charge in [-0.05, 0) is 61.1 Å². The minimum Gasteiger partial charge on any atom is -0.493 e. The monoisotopic (exact) mass is 417 g/mol. The molecule has 2 aliphatic rings. The Morgan fingerprint density at radius 3 is 2.52 bits per heavy atom. The van der Waals surface area contributed by atoms with Gasteiger partial charge in [0.05, 0.1) is 14.2 Å². The Hall–Kier alpha value is -2.72. The van der Waals surface area contributed by atoms with Gasteiger partial charge in [0, 0.05) is 24.1 Å². The van der Waals surface area contributed by atoms with Crippen LogP contribution in [0, 0.1) is 0 Å². The summed E-state index contributed by atoms with van der Waals surface area (Å²) in [6.07, 6.45) is 5.59. The zero-order chi connectivity index (χ0) is 21.4. The topological polar surface area (TPSA) is 39.7 Å². The highest BCUT2D eigenvalue weighted by Gasteiger charge is 2.45. The Balaban J connectivity index is 1.54. The SMILES string of the molecule is COc1ccc2c(c1OC)OC1(CCCC1)C[C@@H]2NC(C)c1cccc2ccccc12. The van der Waals surface area contributed by atoms with Crippen molar-refractivity contribution in [3.05, 3.63) is 65.7 Å². The quantitative estimate of drug-likeness (QED) is 0.525. The Morgan fingerprint density at radius 1 is 0.968 bits per heavy atom. The first-order valence-corrected chi connectivity index (χ1v) is 11.3. The van der Waals surface area contributed by atoms with Crippen LogP contribution in [0.1, 0.15) is 62.2 Å². The zero-order valence-corrected chi connectivity index (χ0v) is 18.6. The van der Waals surface area contributed by atoms with Crippen molar-refractivity contribution >= 4 is 10.8 Å². The maximum atomic E-state index is 6.69. The van der Waals surface area contributed by atoms with Crippen molar-refractivity contribution in [1.82, 2.24) is 5.32 Å². The minimum absolute atomic E-state index is 0.122. The van der Waals surface area contributed by atoms with E-state index >= 15 is 0 Å². The molecule has 3 aromatic rings. The van der Waals surface area contributed by atoms with Crippen LogP contribution >= 0.6 is 0 Å². The summed E-state index contributed by atoms with van der Waals surface area (Å²) in [5.41, 5.74) is 2.36. The van der Waals surface area contributed by atoms with Gasteiger partial charge in [-0.1, -0.05) is 42.5 Å². The van der Waals surface area contributed by atoms with E-state index < -0.39 is 0 Å². The number of rotatable bonds is 5. The Kier molecular flexibility index (Phi) is 5.27. The summed E-state index contributed by atoms with van der Waals surface area (Å²) in [5.74, 6) is 2.27. The molecule has 2 atom stereocenters. The fourth-order valence-corrected chi connectivity index (χ4v) is 5.53. The van der Waals surface area contributed by atoms with Crippen LogP contribution in [0.5, 0.6) is 17.2 Å². The van der Waals surface area contributed by atoms with E-state index in [1.807, 2.05) is 6.07 Å². The van der Waals surface area contributed by atoms with E-state index in [-0.39, 0.29) is 17.7 Å². The van der Waals surface area contributed by atoms with E-state index in [0.29, 0.717) is 5.75 Å². The second kappa shape index (κ2) is 8.08. The van der Waals surface area contributed by atoms with Crippen LogP contribution < -0.4 is 19.5 Å². The average molecular weight is 418 g/mol. The number of methoxy groups -OCH3 is 2. The highest BCUT2D eigenvalue weighted by molar-refractivity contribution is 5.86. The van der Waals surface area contributed by atoms with Gasteiger partial charge in [0.25, 0.3) is 0 Å². The summed E-state index contributed by atoms with van der Waals surface area (Å²) in [5, 5.41) is 6.53. The number of ether oxygens (including phenoxy) is 3. The molecule has 1 unspecified atom stereocenters. The van der Waals surface area contributed by atoms with Crippen molar-refractivity contribution < 1.29 is 14.2 Å². The molecule has 0 amide bonds. The van der Waals surface area contributed by atoms with Crippen molar-refractivity contribution in [3.63, 3.8) is 0 Å². The molecule has 5 rings (SSSR count). The molecule has 162 valence electrons. The second-order valence-corrected chi connectivity index (χ2v) is 8.93. The molecule has 0 aromatic heterocycles. The highest BCUT2D eigenvalue weighted by Crippen LogP contribution is 2.53. The highest BCUT2D eigenvalue weighted by atomic mass is 16.5. The Morgan fingerprint density at radius 2 is 1.74 bits per heavy atom. The number of fused-ring (bicyclic) bond motifs is 2. The van der Waals surface area contributed by atoms with Gasteiger partial charge in [0.15, 0.2) is 11.5 Å². The molecule has 0 radical (unpaired) electrons. The van der Waals surface area contributed by atoms with Crippen molar-refractivity contribution in [3.8, 4) is 17.2 Å². The lowest BCUT2D eigenvalue weighted by molar-refractivity contribution is 0.0317. The summed E-state index contributed by atoms with van der Waals surface area (Å²) >= 11 is 0. The third-order valence-corrected chi connectivity index (χ3v) is 7.06. The first-order chi connectivity index (χ1) is 15.1. The van der Waals surface area contributed by atoms with E-state index in [2.05, 4.69) is 60.8 Å². The predicted molar refractivity (Wildman–Crippen MR) is 124 cm³/mol. The summed E-state index contributed by atoms with van der Waals surface area (Å²) in [4.78, 5) is 0. The molecular formula is C27H31NO3. The summed E-state index contributed by atoms with van der Waals surface area (Å²) in [6, 6.07) is 19.7. The van der Waals surface area contributed by atoms with Crippen LogP contribution in [-0.4, -0.2) is 19.8 Å². The third kappa shape index (κ3) is 3.53. The maximum absolute atomic E-state index is 6.69. The molecule has 1 aliphatic heterocycles. The van der Waals surface area contributed by atoms with Crippen molar-refractivity contribution in [2.24, 2.45) is 0 Å². The first-order valence-electron chi connectivity index (χ1n) is 11.3. The second-order valence-electron chi connectivity index (χ2n) is 8.93. The molecule has 0 bridgehead atoms. The summed E-state index contributed by atoms with van der Waals surface area (Å²) in [7, 11) is 3.37. The van der Waals surface area contributed by atoms with Gasteiger partial charge < -0.3 is 19.5 Å². The standard InChI is InChI=1S/C27H31NO3/c1-18(20-12-8-10-19-9-4-5-11-21(19)20)28-23-17-27(15-6-7-16-27)31-25-22(23)13-14-24(29-2)26(25)30-3/h4-5,8-14,18,23,28H,6-7,15-17H2,1-3H3/t18?,23-/m0/s1. The summed E-state index contributed by atoms with van der Waals surface area (Å²) < 4.78 is 18.0. The Labute approximate surface area is 184 Å². The van der Waals surface area contributed by atoms with Gasteiger partial charge in [-0.2, -0.15) is 0 Å². The smallest absolute Gasteiger partial charge is 0.203 e. The summed E-state index contributed by atoms with van der Waals surface area (Å²) in [6.45, 7) is 2.26. The number of benzene rings is 3. The predicted octanol–water partition coefficient (Wildman–Crippen LogP) is 6.34. The van der Waals surface area contributed by atoms with Crippen LogP contribution in [0.4, 0.5) is 0 Å². The number of nitrogens with one attached hydrogen (secondary N) is 1. The van der Waals surface area contributed by atoms with Crippen LogP contribution in [-0.2, 0) is 0 Å². The average Bonchev–Trinajstić information content (AvgIpc) is 3.25. The van der Waals surface area contributed by atoms with Gasteiger partial charge in [-0.15, -0.1) is 0 Å². The third-order valence-electron chi connectivity index (χ3n) is 7.06. The van der Waals surface area contributed by atoms with Gasteiger partial charge in [-0.3, -0.25) is 0 Å². The van der Waals surface area contributed by atoms with Gasteiger partial charge in [0.1, 0.15) is 5.60 Å². The fraction of sp³-hybridized carbons (Fsp3) is 0.407. The number of hydrogen-bond donors (Lipinski definition) is 1. The van der Waals surface area contributed by atoms with Crippen molar-refractivity contribution in [1.29, 1.82) is 0 Å². The molecule has 3 aromatic carbocycles. The van der Waals surface area contributed by atoms with E-state index in [1.54, 1.807) is 14.2 Å². The van der Waals surface area contributed by atoms with E-state index in [9.17, 15) is 0 Å². The largest absolute Gasteiger partial charge is 0.493 e.